The number of halogens is 1. The molecule has 0 amide bonds. The van der Waals surface area contributed by atoms with Crippen molar-refractivity contribution in [1.29, 1.82) is 0 Å². The lowest BCUT2D eigenvalue weighted by atomic mass is 9.87. The zero-order chi connectivity index (χ0) is 19.4. The molecule has 1 unspecified atom stereocenters. The lowest BCUT2D eigenvalue weighted by Crippen LogP contribution is -2.46. The maximum Gasteiger partial charge on any atom is 0.193 e. The average molecular weight is 514 g/mol. The Morgan fingerprint density at radius 3 is 2.66 bits per heavy atom. The Morgan fingerprint density at radius 1 is 1.21 bits per heavy atom. The molecule has 0 bridgehead atoms. The molecular weight excluding hydrogens is 479 g/mol. The molecule has 3 fully saturated rings. The number of likely N-dealkylation sites (N-methyl/N-ethyl adjacent to an activating group) is 1. The van der Waals surface area contributed by atoms with Gasteiger partial charge in [0.1, 0.15) is 5.82 Å². The zero-order valence-corrected chi connectivity index (χ0v) is 20.1. The Labute approximate surface area is 191 Å². The molecule has 0 aliphatic carbocycles. The van der Waals surface area contributed by atoms with Crippen LogP contribution in [0.3, 0.4) is 0 Å². The molecule has 3 aliphatic heterocycles. The van der Waals surface area contributed by atoms with E-state index in [1.165, 1.54) is 18.4 Å². The SMILES string of the molecule is CCN1CCN(c2ccc(CNC(=NC)N3CCC4(CCOC4)C3)cn2)CC1.I. The third kappa shape index (κ3) is 5.32. The summed E-state index contributed by atoms with van der Waals surface area (Å²) in [6, 6.07) is 4.34. The van der Waals surface area contributed by atoms with Crippen LogP contribution < -0.4 is 10.2 Å². The van der Waals surface area contributed by atoms with Crippen molar-refractivity contribution in [3.63, 3.8) is 0 Å². The number of aliphatic imine (C=N–C) groups is 1. The first kappa shape index (κ1) is 22.6. The molecule has 1 spiro atoms. The molecular formula is C21H35IN6O. The smallest absolute Gasteiger partial charge is 0.193 e. The van der Waals surface area contributed by atoms with Crippen molar-refractivity contribution in [2.24, 2.45) is 10.4 Å². The van der Waals surface area contributed by atoms with E-state index in [-0.39, 0.29) is 24.0 Å². The number of aromatic nitrogens is 1. The number of ether oxygens (including phenoxy) is 1. The van der Waals surface area contributed by atoms with Gasteiger partial charge in [-0.25, -0.2) is 4.98 Å². The Kier molecular flexibility index (Phi) is 7.98. The number of hydrogen-bond donors (Lipinski definition) is 1. The lowest BCUT2D eigenvalue weighted by Gasteiger charge is -2.34. The van der Waals surface area contributed by atoms with Gasteiger partial charge in [-0.2, -0.15) is 0 Å². The Balaban J connectivity index is 0.00000240. The third-order valence-corrected chi connectivity index (χ3v) is 6.54. The molecule has 4 rings (SSSR count). The summed E-state index contributed by atoms with van der Waals surface area (Å²) in [6.45, 7) is 12.4. The first-order chi connectivity index (χ1) is 13.7. The number of nitrogens with one attached hydrogen (secondary N) is 1. The van der Waals surface area contributed by atoms with Gasteiger partial charge in [-0.15, -0.1) is 24.0 Å². The normalized spacial score (nSPS) is 25.5. The quantitative estimate of drug-likeness (QED) is 0.377. The summed E-state index contributed by atoms with van der Waals surface area (Å²) in [6.07, 6.45) is 4.38. The van der Waals surface area contributed by atoms with Gasteiger partial charge in [0, 0.05) is 71.1 Å². The van der Waals surface area contributed by atoms with Crippen LogP contribution in [-0.4, -0.2) is 86.8 Å². The van der Waals surface area contributed by atoms with Crippen molar-refractivity contribution in [3.8, 4) is 0 Å². The van der Waals surface area contributed by atoms with Crippen LogP contribution >= 0.6 is 24.0 Å². The van der Waals surface area contributed by atoms with Gasteiger partial charge in [-0.3, -0.25) is 4.99 Å². The van der Waals surface area contributed by atoms with E-state index in [1.54, 1.807) is 0 Å². The number of hydrogen-bond acceptors (Lipinski definition) is 5. The van der Waals surface area contributed by atoms with E-state index in [1.807, 2.05) is 13.2 Å². The summed E-state index contributed by atoms with van der Waals surface area (Å²) in [7, 11) is 1.87. The van der Waals surface area contributed by atoms with Gasteiger partial charge in [-0.1, -0.05) is 13.0 Å². The van der Waals surface area contributed by atoms with E-state index in [0.717, 1.165) is 77.3 Å². The molecule has 162 valence electrons. The van der Waals surface area contributed by atoms with E-state index in [2.05, 4.69) is 44.1 Å². The number of rotatable bonds is 4. The van der Waals surface area contributed by atoms with Gasteiger partial charge in [0.25, 0.3) is 0 Å². The van der Waals surface area contributed by atoms with Gasteiger partial charge >= 0.3 is 0 Å². The molecule has 1 N–H and O–H groups in total. The molecule has 4 heterocycles. The molecule has 7 nitrogen and oxygen atoms in total. The van der Waals surface area contributed by atoms with Crippen LogP contribution in [0.1, 0.15) is 25.3 Å². The summed E-state index contributed by atoms with van der Waals surface area (Å²) >= 11 is 0. The second-order valence-electron chi connectivity index (χ2n) is 8.32. The summed E-state index contributed by atoms with van der Waals surface area (Å²) in [4.78, 5) is 16.5. The monoisotopic (exact) mass is 514 g/mol. The second kappa shape index (κ2) is 10.3. The van der Waals surface area contributed by atoms with E-state index < -0.39 is 0 Å². The predicted octanol–water partition coefficient (Wildman–Crippen LogP) is 2.03. The molecule has 29 heavy (non-hydrogen) atoms. The van der Waals surface area contributed by atoms with Crippen molar-refractivity contribution < 1.29 is 4.74 Å². The van der Waals surface area contributed by atoms with Crippen LogP contribution in [0.4, 0.5) is 5.82 Å². The van der Waals surface area contributed by atoms with Gasteiger partial charge < -0.3 is 24.8 Å². The van der Waals surface area contributed by atoms with Crippen molar-refractivity contribution in [2.75, 3.05) is 71.0 Å². The van der Waals surface area contributed by atoms with E-state index >= 15 is 0 Å². The molecule has 1 aromatic heterocycles. The van der Waals surface area contributed by atoms with E-state index in [4.69, 9.17) is 9.72 Å². The summed E-state index contributed by atoms with van der Waals surface area (Å²) in [5.74, 6) is 2.08. The fourth-order valence-electron chi connectivity index (χ4n) is 4.60. The van der Waals surface area contributed by atoms with Gasteiger partial charge in [0.15, 0.2) is 5.96 Å². The van der Waals surface area contributed by atoms with E-state index in [0.29, 0.717) is 5.41 Å². The van der Waals surface area contributed by atoms with Gasteiger partial charge in [-0.05, 0) is 31.0 Å². The first-order valence-corrected chi connectivity index (χ1v) is 10.7. The Bertz CT molecular complexity index is 668. The number of guanidine groups is 1. The molecule has 8 heteroatoms. The van der Waals surface area contributed by atoms with Crippen molar-refractivity contribution in [3.05, 3.63) is 23.9 Å². The number of likely N-dealkylation sites (tertiary alicyclic amines) is 1. The topological polar surface area (TPSA) is 56.2 Å². The Hall–Kier alpha value is -1.13. The fraction of sp³-hybridized carbons (Fsp3) is 0.714. The largest absolute Gasteiger partial charge is 0.381 e. The molecule has 0 radical (unpaired) electrons. The standard InChI is InChI=1S/C21H34N6O.HI/c1-3-25-9-11-26(12-10-25)19-5-4-18(14-23-19)15-24-20(22-2)27-8-6-21(16-27)7-13-28-17-21;/h4-5,14H,3,6-13,15-17H2,1-2H3,(H,22,24);1H. The van der Waals surface area contributed by atoms with Crippen molar-refractivity contribution >= 4 is 35.8 Å². The highest BCUT2D eigenvalue weighted by atomic mass is 127. The van der Waals surface area contributed by atoms with Crippen LogP contribution in [0.5, 0.6) is 0 Å². The molecule has 1 atom stereocenters. The maximum atomic E-state index is 5.64. The van der Waals surface area contributed by atoms with Crippen LogP contribution in [0, 0.1) is 5.41 Å². The minimum atomic E-state index is 0. The van der Waals surface area contributed by atoms with Crippen molar-refractivity contribution in [2.45, 2.75) is 26.3 Å². The predicted molar refractivity (Wildman–Crippen MR) is 128 cm³/mol. The van der Waals surface area contributed by atoms with Crippen LogP contribution in [0.25, 0.3) is 0 Å². The highest BCUT2D eigenvalue weighted by Gasteiger charge is 2.42. The average Bonchev–Trinajstić information content (AvgIpc) is 3.39. The van der Waals surface area contributed by atoms with Crippen LogP contribution in [0.15, 0.2) is 23.3 Å². The third-order valence-electron chi connectivity index (χ3n) is 6.54. The second-order valence-corrected chi connectivity index (χ2v) is 8.32. The van der Waals surface area contributed by atoms with Crippen LogP contribution in [0.2, 0.25) is 0 Å². The summed E-state index contributed by atoms with van der Waals surface area (Å²) < 4.78 is 5.64. The number of piperazine rings is 1. The number of pyridine rings is 1. The Morgan fingerprint density at radius 2 is 2.03 bits per heavy atom. The minimum Gasteiger partial charge on any atom is -0.381 e. The maximum absolute atomic E-state index is 5.64. The molecule has 3 aliphatic rings. The highest BCUT2D eigenvalue weighted by Crippen LogP contribution is 2.38. The number of anilines is 1. The number of nitrogens with zero attached hydrogens (tertiary/aromatic N) is 5. The molecule has 0 saturated carbocycles. The van der Waals surface area contributed by atoms with Crippen molar-refractivity contribution in [1.82, 2.24) is 20.1 Å². The molecule has 1 aromatic rings. The zero-order valence-electron chi connectivity index (χ0n) is 17.8. The summed E-state index contributed by atoms with van der Waals surface area (Å²) in [5.41, 5.74) is 1.54. The summed E-state index contributed by atoms with van der Waals surface area (Å²) in [5, 5.41) is 3.52. The van der Waals surface area contributed by atoms with Gasteiger partial charge in [0.05, 0.1) is 6.61 Å². The minimum absolute atomic E-state index is 0. The highest BCUT2D eigenvalue weighted by molar-refractivity contribution is 14.0. The van der Waals surface area contributed by atoms with E-state index in [9.17, 15) is 0 Å². The molecule has 3 saturated heterocycles. The lowest BCUT2D eigenvalue weighted by molar-refractivity contribution is 0.156. The molecule has 0 aromatic carbocycles. The first-order valence-electron chi connectivity index (χ1n) is 10.7. The fourth-order valence-corrected chi connectivity index (χ4v) is 4.60. The van der Waals surface area contributed by atoms with Crippen LogP contribution in [-0.2, 0) is 11.3 Å². The van der Waals surface area contributed by atoms with Gasteiger partial charge in [0.2, 0.25) is 0 Å².